The highest BCUT2D eigenvalue weighted by molar-refractivity contribution is 7.16. The summed E-state index contributed by atoms with van der Waals surface area (Å²) in [5.41, 5.74) is 8.96. The first-order chi connectivity index (χ1) is 18.6. The van der Waals surface area contributed by atoms with E-state index < -0.39 is 0 Å². The number of nitrogens with one attached hydrogen (secondary N) is 2. The molecule has 188 valence electrons. The predicted octanol–water partition coefficient (Wildman–Crippen LogP) is 6.32. The number of hydrogen-bond donors (Lipinski definition) is 2. The van der Waals surface area contributed by atoms with Crippen LogP contribution >= 0.6 is 11.3 Å². The fourth-order valence-corrected chi connectivity index (χ4v) is 5.99. The summed E-state index contributed by atoms with van der Waals surface area (Å²) in [7, 11) is 0. The van der Waals surface area contributed by atoms with Crippen LogP contribution in [0.1, 0.15) is 30.2 Å². The van der Waals surface area contributed by atoms with Crippen LogP contribution in [0.4, 0.5) is 0 Å². The van der Waals surface area contributed by atoms with Crippen LogP contribution in [0.2, 0.25) is 0 Å². The van der Waals surface area contributed by atoms with Gasteiger partial charge in [-0.25, -0.2) is 9.97 Å². The molecule has 0 aromatic carbocycles. The lowest BCUT2D eigenvalue weighted by Crippen LogP contribution is -2.18. The lowest BCUT2D eigenvalue weighted by Gasteiger charge is -2.14. The first-order valence-electron chi connectivity index (χ1n) is 12.8. The number of H-pyrrole nitrogens is 2. The van der Waals surface area contributed by atoms with Crippen LogP contribution in [0.3, 0.4) is 0 Å². The van der Waals surface area contributed by atoms with E-state index in [1.807, 2.05) is 37.5 Å². The van der Waals surface area contributed by atoms with Crippen LogP contribution in [-0.2, 0) is 6.54 Å². The fraction of sp³-hybridized carbons (Fsp3) is 0.207. The molecule has 0 saturated carbocycles. The van der Waals surface area contributed by atoms with E-state index in [2.05, 4.69) is 54.8 Å². The number of hydrogen-bond acceptors (Lipinski definition) is 7. The van der Waals surface area contributed by atoms with Crippen molar-refractivity contribution in [3.8, 4) is 33.3 Å². The Morgan fingerprint density at radius 2 is 1.87 bits per heavy atom. The van der Waals surface area contributed by atoms with E-state index in [-0.39, 0.29) is 0 Å². The van der Waals surface area contributed by atoms with Crippen molar-refractivity contribution in [3.05, 3.63) is 72.0 Å². The summed E-state index contributed by atoms with van der Waals surface area (Å²) >= 11 is 1.67. The zero-order valence-electron chi connectivity index (χ0n) is 21.0. The third kappa shape index (κ3) is 4.09. The van der Waals surface area contributed by atoms with Gasteiger partial charge in [0, 0.05) is 35.6 Å². The van der Waals surface area contributed by atoms with E-state index in [0.717, 1.165) is 74.0 Å². The SMILES string of the molecule is C=C(C)c1ccc(-c2nccc3[nH]c(-c4n[nH]c5ccc(-c6cncc(CN7CCCC7)c6)nc45)nc23)s1. The number of nitrogens with zero attached hydrogens (tertiary/aromatic N) is 6. The monoisotopic (exact) mass is 518 g/mol. The topological polar surface area (TPSA) is 99.3 Å². The van der Waals surface area contributed by atoms with Gasteiger partial charge >= 0.3 is 0 Å². The van der Waals surface area contributed by atoms with E-state index in [1.165, 1.54) is 18.4 Å². The van der Waals surface area contributed by atoms with E-state index >= 15 is 0 Å². The Kier molecular flexibility index (Phi) is 5.60. The first-order valence-corrected chi connectivity index (χ1v) is 13.6. The summed E-state index contributed by atoms with van der Waals surface area (Å²) in [5, 5.41) is 7.69. The molecule has 8 nitrogen and oxygen atoms in total. The third-order valence-electron chi connectivity index (χ3n) is 6.99. The fourth-order valence-electron chi connectivity index (χ4n) is 5.06. The third-order valence-corrected chi connectivity index (χ3v) is 8.24. The van der Waals surface area contributed by atoms with Crippen molar-refractivity contribution in [1.29, 1.82) is 0 Å². The van der Waals surface area contributed by atoms with E-state index in [0.29, 0.717) is 11.5 Å². The number of aromatic nitrogens is 7. The van der Waals surface area contributed by atoms with Gasteiger partial charge in [0.2, 0.25) is 0 Å². The quantitative estimate of drug-likeness (QED) is 0.268. The molecule has 38 heavy (non-hydrogen) atoms. The summed E-state index contributed by atoms with van der Waals surface area (Å²) in [5.74, 6) is 0.655. The van der Waals surface area contributed by atoms with Crippen LogP contribution in [0, 0.1) is 0 Å². The van der Waals surface area contributed by atoms with Crippen molar-refractivity contribution in [1.82, 2.24) is 40.0 Å². The number of rotatable bonds is 6. The number of allylic oxidation sites excluding steroid dienone is 1. The highest BCUT2D eigenvalue weighted by Crippen LogP contribution is 2.35. The minimum absolute atomic E-state index is 0.655. The van der Waals surface area contributed by atoms with Crippen LogP contribution in [0.25, 0.3) is 61.0 Å². The Balaban J connectivity index is 1.27. The second kappa shape index (κ2) is 9.27. The molecular weight excluding hydrogens is 492 g/mol. The van der Waals surface area contributed by atoms with Crippen molar-refractivity contribution in [2.75, 3.05) is 13.1 Å². The number of pyridine rings is 3. The molecule has 0 amide bonds. The molecule has 1 aliphatic heterocycles. The second-order valence-corrected chi connectivity index (χ2v) is 10.9. The highest BCUT2D eigenvalue weighted by atomic mass is 32.1. The summed E-state index contributed by atoms with van der Waals surface area (Å²) < 4.78 is 0. The standard InChI is InChI=1S/C29H26N8S/c1-17(2)23-7-8-24(38-23)27-25-21(9-10-31-27)33-29(34-25)28-26-22(35-36-28)6-5-20(32-26)19-13-18(14-30-15-19)16-37-11-3-4-12-37/h5-10,13-15H,1,3-4,11-12,16H2,2H3,(H,33,34)(H,35,36). The van der Waals surface area contributed by atoms with Crippen LogP contribution in [-0.4, -0.2) is 53.1 Å². The van der Waals surface area contributed by atoms with Crippen molar-refractivity contribution in [2.45, 2.75) is 26.3 Å². The van der Waals surface area contributed by atoms with Crippen molar-refractivity contribution < 1.29 is 0 Å². The van der Waals surface area contributed by atoms with Gasteiger partial charge in [-0.05, 0) is 80.4 Å². The Labute approximate surface area is 223 Å². The van der Waals surface area contributed by atoms with Crippen molar-refractivity contribution >= 4 is 39.0 Å². The summed E-state index contributed by atoms with van der Waals surface area (Å²) in [6, 6.07) is 12.3. The number of fused-ring (bicyclic) bond motifs is 2. The van der Waals surface area contributed by atoms with Crippen LogP contribution in [0.5, 0.6) is 0 Å². The molecule has 9 heteroatoms. The average molecular weight is 519 g/mol. The molecule has 0 radical (unpaired) electrons. The maximum atomic E-state index is 5.00. The zero-order chi connectivity index (χ0) is 25.6. The smallest absolute Gasteiger partial charge is 0.161 e. The van der Waals surface area contributed by atoms with Gasteiger partial charge in [-0.3, -0.25) is 20.0 Å². The molecule has 7 heterocycles. The highest BCUT2D eigenvalue weighted by Gasteiger charge is 2.19. The van der Waals surface area contributed by atoms with Crippen LogP contribution in [0.15, 0.2) is 61.6 Å². The van der Waals surface area contributed by atoms with E-state index in [9.17, 15) is 0 Å². The van der Waals surface area contributed by atoms with Gasteiger partial charge < -0.3 is 4.98 Å². The zero-order valence-corrected chi connectivity index (χ0v) is 21.8. The number of aromatic amines is 2. The molecule has 6 aromatic heterocycles. The van der Waals surface area contributed by atoms with Gasteiger partial charge in [-0.15, -0.1) is 11.3 Å². The van der Waals surface area contributed by atoms with Gasteiger partial charge in [0.1, 0.15) is 16.7 Å². The molecule has 0 atom stereocenters. The number of likely N-dealkylation sites (tertiary alicyclic amines) is 1. The summed E-state index contributed by atoms with van der Waals surface area (Å²) in [4.78, 5) is 27.2. The minimum Gasteiger partial charge on any atom is -0.336 e. The molecular formula is C29H26N8S. The van der Waals surface area contributed by atoms with E-state index in [4.69, 9.17) is 9.97 Å². The van der Waals surface area contributed by atoms with Crippen LogP contribution < -0.4 is 0 Å². The Hall–Kier alpha value is -4.21. The van der Waals surface area contributed by atoms with Gasteiger partial charge in [0.15, 0.2) is 11.5 Å². The predicted molar refractivity (Wildman–Crippen MR) is 153 cm³/mol. The molecule has 6 aromatic rings. The maximum absolute atomic E-state index is 5.00. The molecule has 0 aliphatic carbocycles. The summed E-state index contributed by atoms with van der Waals surface area (Å²) in [6.45, 7) is 9.31. The first kappa shape index (κ1) is 22.9. The Bertz CT molecular complexity index is 1800. The molecule has 0 spiro atoms. The van der Waals surface area contributed by atoms with Gasteiger partial charge in [-0.1, -0.05) is 6.58 Å². The average Bonchev–Trinajstić information content (AvgIpc) is 3.74. The molecule has 0 bridgehead atoms. The molecule has 7 rings (SSSR count). The summed E-state index contributed by atoms with van der Waals surface area (Å²) in [6.07, 6.45) is 8.19. The number of thiophene rings is 1. The van der Waals surface area contributed by atoms with Gasteiger partial charge in [0.05, 0.1) is 21.6 Å². The molecule has 0 unspecified atom stereocenters. The van der Waals surface area contributed by atoms with Crippen molar-refractivity contribution in [3.63, 3.8) is 0 Å². The second-order valence-electron chi connectivity index (χ2n) is 9.82. The normalized spacial score (nSPS) is 14.1. The molecule has 2 N–H and O–H groups in total. The van der Waals surface area contributed by atoms with Gasteiger partial charge in [0.25, 0.3) is 0 Å². The number of imidazole rings is 1. The van der Waals surface area contributed by atoms with E-state index in [1.54, 1.807) is 17.5 Å². The maximum Gasteiger partial charge on any atom is 0.161 e. The lowest BCUT2D eigenvalue weighted by molar-refractivity contribution is 0.331. The Morgan fingerprint density at radius 3 is 2.71 bits per heavy atom. The Morgan fingerprint density at radius 1 is 1.00 bits per heavy atom. The minimum atomic E-state index is 0.655. The largest absolute Gasteiger partial charge is 0.336 e. The lowest BCUT2D eigenvalue weighted by atomic mass is 10.1. The van der Waals surface area contributed by atoms with Crippen molar-refractivity contribution in [2.24, 2.45) is 0 Å². The molecule has 1 fully saturated rings. The van der Waals surface area contributed by atoms with Gasteiger partial charge in [-0.2, -0.15) is 5.10 Å². The molecule has 1 saturated heterocycles. The molecule has 1 aliphatic rings.